The maximum Gasteiger partial charge on any atom is 0.223 e. The van der Waals surface area contributed by atoms with Crippen molar-refractivity contribution in [3.05, 3.63) is 47.6 Å². The largest absolute Gasteiger partial charge is 0.374 e. The van der Waals surface area contributed by atoms with Gasteiger partial charge in [0.1, 0.15) is 0 Å². The van der Waals surface area contributed by atoms with Crippen LogP contribution in [0, 0.1) is 6.92 Å². The summed E-state index contributed by atoms with van der Waals surface area (Å²) in [5.74, 6) is 1.86. The van der Waals surface area contributed by atoms with E-state index in [0.717, 1.165) is 13.0 Å². The number of hydrogen-bond acceptors (Lipinski definition) is 5. The zero-order valence-corrected chi connectivity index (χ0v) is 14.5. The van der Waals surface area contributed by atoms with Gasteiger partial charge in [0.2, 0.25) is 5.89 Å². The molecule has 7 nitrogen and oxygen atoms in total. The highest BCUT2D eigenvalue weighted by molar-refractivity contribution is 5.79. The van der Waals surface area contributed by atoms with E-state index < -0.39 is 0 Å². The first-order chi connectivity index (χ1) is 11.7. The average molecular weight is 331 g/mol. The van der Waals surface area contributed by atoms with Gasteiger partial charge in [-0.05, 0) is 18.9 Å². The SMILES string of the molecule is CN=C(NCCCOC(C)c1ccccc1)NCc1noc(C)n1. The second kappa shape index (κ2) is 9.67. The second-order valence-electron chi connectivity index (χ2n) is 5.36. The molecule has 24 heavy (non-hydrogen) atoms. The molecule has 0 radical (unpaired) electrons. The number of nitrogens with zero attached hydrogens (tertiary/aromatic N) is 3. The van der Waals surface area contributed by atoms with Crippen LogP contribution in [-0.4, -0.2) is 36.3 Å². The Morgan fingerprint density at radius 2 is 2.08 bits per heavy atom. The summed E-state index contributed by atoms with van der Waals surface area (Å²) in [7, 11) is 1.73. The Balaban J connectivity index is 1.60. The lowest BCUT2D eigenvalue weighted by molar-refractivity contribution is 0.0646. The number of ether oxygens (including phenoxy) is 1. The highest BCUT2D eigenvalue weighted by atomic mass is 16.5. The molecule has 0 saturated heterocycles. The van der Waals surface area contributed by atoms with Gasteiger partial charge in [-0.15, -0.1) is 0 Å². The zero-order chi connectivity index (χ0) is 17.2. The molecule has 1 atom stereocenters. The van der Waals surface area contributed by atoms with Crippen molar-refractivity contribution in [2.75, 3.05) is 20.2 Å². The van der Waals surface area contributed by atoms with E-state index in [9.17, 15) is 0 Å². The van der Waals surface area contributed by atoms with Crippen molar-refractivity contribution in [3.8, 4) is 0 Å². The molecule has 2 aromatic rings. The van der Waals surface area contributed by atoms with Crippen molar-refractivity contribution in [2.24, 2.45) is 4.99 Å². The van der Waals surface area contributed by atoms with Crippen molar-refractivity contribution >= 4 is 5.96 Å². The summed E-state index contributed by atoms with van der Waals surface area (Å²) >= 11 is 0. The summed E-state index contributed by atoms with van der Waals surface area (Å²) < 4.78 is 10.8. The molecule has 0 aliphatic rings. The van der Waals surface area contributed by atoms with Gasteiger partial charge in [0.25, 0.3) is 0 Å². The minimum absolute atomic E-state index is 0.102. The predicted molar refractivity (Wildman–Crippen MR) is 92.7 cm³/mol. The second-order valence-corrected chi connectivity index (χ2v) is 5.36. The van der Waals surface area contributed by atoms with Gasteiger partial charge in [-0.25, -0.2) is 0 Å². The van der Waals surface area contributed by atoms with Gasteiger partial charge < -0.3 is 19.9 Å². The molecule has 1 heterocycles. The van der Waals surface area contributed by atoms with E-state index in [0.29, 0.717) is 30.8 Å². The molecule has 0 spiro atoms. The van der Waals surface area contributed by atoms with Crippen LogP contribution in [0.5, 0.6) is 0 Å². The van der Waals surface area contributed by atoms with E-state index in [-0.39, 0.29) is 6.10 Å². The summed E-state index contributed by atoms with van der Waals surface area (Å²) in [6, 6.07) is 10.2. The highest BCUT2D eigenvalue weighted by Gasteiger charge is 2.05. The Bertz CT molecular complexity index is 627. The van der Waals surface area contributed by atoms with E-state index in [1.807, 2.05) is 18.2 Å². The Morgan fingerprint density at radius 1 is 1.29 bits per heavy atom. The normalized spacial score (nSPS) is 12.9. The number of aliphatic imine (C=N–C) groups is 1. The van der Waals surface area contributed by atoms with E-state index in [1.54, 1.807) is 14.0 Å². The van der Waals surface area contributed by atoms with E-state index in [4.69, 9.17) is 9.26 Å². The zero-order valence-electron chi connectivity index (χ0n) is 14.5. The number of guanidine groups is 1. The van der Waals surface area contributed by atoms with Gasteiger partial charge in [-0.3, -0.25) is 4.99 Å². The summed E-state index contributed by atoms with van der Waals surface area (Å²) in [5, 5.41) is 10.2. The fraction of sp³-hybridized carbons (Fsp3) is 0.471. The average Bonchev–Trinajstić information content (AvgIpc) is 3.03. The van der Waals surface area contributed by atoms with Crippen LogP contribution in [0.2, 0.25) is 0 Å². The lowest BCUT2D eigenvalue weighted by Crippen LogP contribution is -2.37. The van der Waals surface area contributed by atoms with Gasteiger partial charge in [-0.2, -0.15) is 4.98 Å². The van der Waals surface area contributed by atoms with Crippen LogP contribution in [0.1, 0.15) is 36.7 Å². The summed E-state index contributed by atoms with van der Waals surface area (Å²) in [6.07, 6.45) is 0.990. The minimum Gasteiger partial charge on any atom is -0.374 e. The number of nitrogens with one attached hydrogen (secondary N) is 2. The molecular weight excluding hydrogens is 306 g/mol. The van der Waals surface area contributed by atoms with E-state index >= 15 is 0 Å². The molecule has 0 saturated carbocycles. The van der Waals surface area contributed by atoms with Gasteiger partial charge in [0, 0.05) is 27.1 Å². The van der Waals surface area contributed by atoms with Crippen molar-refractivity contribution in [1.82, 2.24) is 20.8 Å². The molecule has 0 bridgehead atoms. The monoisotopic (exact) mass is 331 g/mol. The number of rotatable bonds is 8. The quantitative estimate of drug-likeness (QED) is 0.438. The number of hydrogen-bond donors (Lipinski definition) is 2. The molecule has 2 rings (SSSR count). The van der Waals surface area contributed by atoms with Crippen molar-refractivity contribution in [2.45, 2.75) is 32.9 Å². The Morgan fingerprint density at radius 3 is 2.75 bits per heavy atom. The standard InChI is InChI=1S/C17H25N5O2/c1-13(15-8-5-4-6-9-15)23-11-7-10-19-17(18-3)20-12-16-21-14(2)24-22-16/h4-6,8-9,13H,7,10-12H2,1-3H3,(H2,18,19,20). The van der Waals surface area contributed by atoms with Gasteiger partial charge >= 0.3 is 0 Å². The van der Waals surface area contributed by atoms with Crippen LogP contribution in [0.3, 0.4) is 0 Å². The Hall–Kier alpha value is -2.41. The molecule has 2 N–H and O–H groups in total. The van der Waals surface area contributed by atoms with Crippen LogP contribution in [0.15, 0.2) is 39.8 Å². The number of benzene rings is 1. The smallest absolute Gasteiger partial charge is 0.223 e. The molecular formula is C17H25N5O2. The first kappa shape index (κ1) is 17.9. The molecule has 0 aliphatic carbocycles. The van der Waals surface area contributed by atoms with Crippen LogP contribution in [0.25, 0.3) is 0 Å². The van der Waals surface area contributed by atoms with Crippen LogP contribution >= 0.6 is 0 Å². The summed E-state index contributed by atoms with van der Waals surface area (Å²) in [6.45, 7) is 5.76. The van der Waals surface area contributed by atoms with E-state index in [2.05, 4.69) is 44.8 Å². The summed E-state index contributed by atoms with van der Waals surface area (Å²) in [5.41, 5.74) is 1.19. The number of aromatic nitrogens is 2. The van der Waals surface area contributed by atoms with Crippen molar-refractivity contribution in [1.29, 1.82) is 0 Å². The fourth-order valence-corrected chi connectivity index (χ4v) is 2.16. The van der Waals surface area contributed by atoms with Crippen LogP contribution < -0.4 is 10.6 Å². The predicted octanol–water partition coefficient (Wildman–Crippen LogP) is 2.21. The van der Waals surface area contributed by atoms with E-state index in [1.165, 1.54) is 5.56 Å². The van der Waals surface area contributed by atoms with Crippen LogP contribution in [-0.2, 0) is 11.3 Å². The number of aryl methyl sites for hydroxylation is 1. The van der Waals surface area contributed by atoms with Crippen molar-refractivity contribution < 1.29 is 9.26 Å². The van der Waals surface area contributed by atoms with Crippen molar-refractivity contribution in [3.63, 3.8) is 0 Å². The third-order valence-corrected chi connectivity index (χ3v) is 3.46. The Kier molecular flexibility index (Phi) is 7.22. The lowest BCUT2D eigenvalue weighted by atomic mass is 10.1. The minimum atomic E-state index is 0.102. The van der Waals surface area contributed by atoms with Gasteiger partial charge in [-0.1, -0.05) is 35.5 Å². The third-order valence-electron chi connectivity index (χ3n) is 3.46. The van der Waals surface area contributed by atoms with Crippen LogP contribution in [0.4, 0.5) is 0 Å². The Labute approximate surface area is 142 Å². The summed E-state index contributed by atoms with van der Waals surface area (Å²) in [4.78, 5) is 8.29. The third kappa shape index (κ3) is 6.00. The van der Waals surface area contributed by atoms with Gasteiger partial charge in [0.05, 0.1) is 12.6 Å². The molecule has 1 unspecified atom stereocenters. The maximum atomic E-state index is 5.84. The molecule has 1 aromatic carbocycles. The molecule has 7 heteroatoms. The fourth-order valence-electron chi connectivity index (χ4n) is 2.16. The first-order valence-electron chi connectivity index (χ1n) is 8.09. The molecule has 0 fully saturated rings. The molecule has 130 valence electrons. The van der Waals surface area contributed by atoms with Gasteiger partial charge in [0.15, 0.2) is 11.8 Å². The molecule has 0 amide bonds. The lowest BCUT2D eigenvalue weighted by Gasteiger charge is -2.14. The molecule has 0 aliphatic heterocycles. The molecule has 1 aromatic heterocycles. The highest BCUT2D eigenvalue weighted by Crippen LogP contribution is 2.15. The topological polar surface area (TPSA) is 84.6 Å². The maximum absolute atomic E-state index is 5.84. The first-order valence-corrected chi connectivity index (χ1v) is 8.09.